The molecule has 4 nitrogen and oxygen atoms in total. The van der Waals surface area contributed by atoms with E-state index in [-0.39, 0.29) is 0 Å². The molecule has 1 aliphatic rings. The highest BCUT2D eigenvalue weighted by Crippen LogP contribution is 2.31. The molecule has 0 amide bonds. The van der Waals surface area contributed by atoms with Gasteiger partial charge in [0.15, 0.2) is 9.84 Å². The number of anilines is 1. The molecule has 0 heterocycles. The molecule has 112 valence electrons. The number of hydrogen-bond donors (Lipinski definition) is 1. The Kier molecular flexibility index (Phi) is 4.70. The number of hydrogen-bond acceptors (Lipinski definition) is 4. The SMILES string of the molecule is CCN(c1ccccc1S(C)(=O)=O)C1CCC(N)CC1. The number of para-hydroxylation sites is 1. The van der Waals surface area contributed by atoms with Crippen LogP contribution in [0.15, 0.2) is 29.2 Å². The smallest absolute Gasteiger partial charge is 0.177 e. The van der Waals surface area contributed by atoms with Crippen molar-refractivity contribution in [1.29, 1.82) is 0 Å². The van der Waals surface area contributed by atoms with Gasteiger partial charge in [-0.3, -0.25) is 0 Å². The van der Waals surface area contributed by atoms with Gasteiger partial charge >= 0.3 is 0 Å². The zero-order chi connectivity index (χ0) is 14.8. The van der Waals surface area contributed by atoms with Crippen molar-refractivity contribution in [3.05, 3.63) is 24.3 Å². The van der Waals surface area contributed by atoms with Gasteiger partial charge in [0.05, 0.1) is 10.6 Å². The first-order valence-electron chi connectivity index (χ1n) is 7.24. The number of benzene rings is 1. The van der Waals surface area contributed by atoms with E-state index in [9.17, 15) is 8.42 Å². The third-order valence-corrected chi connectivity index (χ3v) is 5.24. The van der Waals surface area contributed by atoms with E-state index in [1.807, 2.05) is 12.1 Å². The van der Waals surface area contributed by atoms with Gasteiger partial charge in [-0.25, -0.2) is 8.42 Å². The lowest BCUT2D eigenvalue weighted by atomic mass is 9.90. The van der Waals surface area contributed by atoms with E-state index in [2.05, 4.69) is 11.8 Å². The summed E-state index contributed by atoms with van der Waals surface area (Å²) >= 11 is 0. The van der Waals surface area contributed by atoms with Crippen molar-refractivity contribution in [3.63, 3.8) is 0 Å². The molecule has 1 aliphatic carbocycles. The Labute approximate surface area is 121 Å². The summed E-state index contributed by atoms with van der Waals surface area (Å²) in [5.41, 5.74) is 6.79. The molecule has 0 bridgehead atoms. The lowest BCUT2D eigenvalue weighted by Gasteiger charge is -2.37. The second kappa shape index (κ2) is 6.14. The molecule has 5 heteroatoms. The van der Waals surface area contributed by atoms with Gasteiger partial charge in [-0.15, -0.1) is 0 Å². The van der Waals surface area contributed by atoms with Gasteiger partial charge in [0.2, 0.25) is 0 Å². The van der Waals surface area contributed by atoms with Gasteiger partial charge in [-0.2, -0.15) is 0 Å². The van der Waals surface area contributed by atoms with E-state index >= 15 is 0 Å². The standard InChI is InChI=1S/C15H24N2O2S/c1-3-17(13-10-8-12(16)9-11-13)14-6-4-5-7-15(14)20(2,18)19/h4-7,12-13H,3,8-11,16H2,1-2H3. The van der Waals surface area contributed by atoms with Crippen molar-refractivity contribution in [2.75, 3.05) is 17.7 Å². The van der Waals surface area contributed by atoms with Crippen LogP contribution in [0.1, 0.15) is 32.6 Å². The van der Waals surface area contributed by atoms with Crippen molar-refractivity contribution in [3.8, 4) is 0 Å². The number of nitrogens with zero attached hydrogens (tertiary/aromatic N) is 1. The molecule has 1 saturated carbocycles. The maximum atomic E-state index is 12.0. The Bertz CT molecular complexity index is 549. The molecule has 2 rings (SSSR count). The minimum Gasteiger partial charge on any atom is -0.368 e. The van der Waals surface area contributed by atoms with E-state index < -0.39 is 9.84 Å². The summed E-state index contributed by atoms with van der Waals surface area (Å²) in [7, 11) is -3.20. The quantitative estimate of drug-likeness (QED) is 0.925. The van der Waals surface area contributed by atoms with Gasteiger partial charge in [0, 0.05) is 24.9 Å². The van der Waals surface area contributed by atoms with Crippen LogP contribution in [0.5, 0.6) is 0 Å². The molecular weight excluding hydrogens is 272 g/mol. The number of rotatable bonds is 4. The minimum absolute atomic E-state index is 0.301. The Balaban J connectivity index is 2.33. The van der Waals surface area contributed by atoms with Gasteiger partial charge in [-0.05, 0) is 44.7 Å². The molecule has 20 heavy (non-hydrogen) atoms. The average molecular weight is 296 g/mol. The second-order valence-electron chi connectivity index (χ2n) is 5.59. The van der Waals surface area contributed by atoms with E-state index in [0.29, 0.717) is 17.0 Å². The van der Waals surface area contributed by atoms with Crippen LogP contribution in [-0.4, -0.2) is 33.3 Å². The van der Waals surface area contributed by atoms with Gasteiger partial charge < -0.3 is 10.6 Å². The summed E-state index contributed by atoms with van der Waals surface area (Å²) in [6, 6.07) is 7.99. The summed E-state index contributed by atoms with van der Waals surface area (Å²) in [4.78, 5) is 2.65. The Morgan fingerprint density at radius 2 is 1.80 bits per heavy atom. The van der Waals surface area contributed by atoms with E-state index in [4.69, 9.17) is 5.73 Å². The van der Waals surface area contributed by atoms with Crippen molar-refractivity contribution in [2.45, 2.75) is 49.6 Å². The Morgan fingerprint density at radius 1 is 1.20 bits per heavy atom. The van der Waals surface area contributed by atoms with E-state index in [1.54, 1.807) is 12.1 Å². The summed E-state index contributed by atoms with van der Waals surface area (Å²) < 4.78 is 23.9. The molecule has 0 aliphatic heterocycles. The Hall–Kier alpha value is -1.07. The largest absolute Gasteiger partial charge is 0.368 e. The molecule has 0 radical (unpaired) electrons. The fraction of sp³-hybridized carbons (Fsp3) is 0.600. The molecule has 0 atom stereocenters. The van der Waals surface area contributed by atoms with Gasteiger partial charge in [-0.1, -0.05) is 12.1 Å². The highest BCUT2D eigenvalue weighted by molar-refractivity contribution is 7.90. The topological polar surface area (TPSA) is 63.4 Å². The predicted octanol–water partition coefficient (Wildman–Crippen LogP) is 2.19. The summed E-state index contributed by atoms with van der Waals surface area (Å²) in [6.45, 7) is 2.89. The molecule has 0 unspecified atom stereocenters. The van der Waals surface area contributed by atoms with Crippen LogP contribution in [-0.2, 0) is 9.84 Å². The fourth-order valence-corrected chi connectivity index (χ4v) is 3.94. The zero-order valence-electron chi connectivity index (χ0n) is 12.2. The summed E-state index contributed by atoms with van der Waals surface area (Å²) in [5, 5.41) is 0. The highest BCUT2D eigenvalue weighted by atomic mass is 32.2. The molecule has 2 N–H and O–H groups in total. The minimum atomic E-state index is -3.20. The van der Waals surface area contributed by atoms with Crippen molar-refractivity contribution in [1.82, 2.24) is 0 Å². The van der Waals surface area contributed by atoms with Crippen molar-refractivity contribution >= 4 is 15.5 Å². The Morgan fingerprint density at radius 3 is 2.35 bits per heavy atom. The first-order valence-corrected chi connectivity index (χ1v) is 9.14. The van der Waals surface area contributed by atoms with Gasteiger partial charge in [0.1, 0.15) is 0 Å². The van der Waals surface area contributed by atoms with Crippen LogP contribution in [0.3, 0.4) is 0 Å². The lowest BCUT2D eigenvalue weighted by Crippen LogP contribution is -2.41. The van der Waals surface area contributed by atoms with Crippen LogP contribution in [0.4, 0.5) is 5.69 Å². The van der Waals surface area contributed by atoms with Crippen LogP contribution in [0, 0.1) is 0 Å². The van der Waals surface area contributed by atoms with E-state index in [1.165, 1.54) is 6.26 Å². The van der Waals surface area contributed by atoms with Crippen molar-refractivity contribution < 1.29 is 8.42 Å². The summed E-state index contributed by atoms with van der Waals surface area (Å²) in [6.07, 6.45) is 5.38. The lowest BCUT2D eigenvalue weighted by molar-refractivity contribution is 0.377. The third-order valence-electron chi connectivity index (χ3n) is 4.10. The maximum absolute atomic E-state index is 12.0. The molecule has 1 aromatic rings. The zero-order valence-corrected chi connectivity index (χ0v) is 13.1. The van der Waals surface area contributed by atoms with E-state index in [0.717, 1.165) is 37.9 Å². The van der Waals surface area contributed by atoms with Crippen LogP contribution in [0.25, 0.3) is 0 Å². The molecule has 1 aromatic carbocycles. The third kappa shape index (κ3) is 3.33. The molecule has 0 spiro atoms. The number of nitrogens with two attached hydrogens (primary N) is 1. The van der Waals surface area contributed by atoms with Crippen LogP contribution >= 0.6 is 0 Å². The number of sulfone groups is 1. The monoisotopic (exact) mass is 296 g/mol. The fourth-order valence-electron chi connectivity index (χ4n) is 3.05. The predicted molar refractivity (Wildman–Crippen MR) is 82.8 cm³/mol. The summed E-state index contributed by atoms with van der Waals surface area (Å²) in [5.74, 6) is 0. The van der Waals surface area contributed by atoms with Crippen molar-refractivity contribution in [2.24, 2.45) is 5.73 Å². The first kappa shape index (κ1) is 15.3. The van der Waals surface area contributed by atoms with Gasteiger partial charge in [0.25, 0.3) is 0 Å². The molecule has 0 aromatic heterocycles. The average Bonchev–Trinajstić information content (AvgIpc) is 2.41. The maximum Gasteiger partial charge on any atom is 0.177 e. The molecule has 1 fully saturated rings. The highest BCUT2D eigenvalue weighted by Gasteiger charge is 2.26. The second-order valence-corrected chi connectivity index (χ2v) is 7.58. The molecular formula is C15H24N2O2S. The molecule has 0 saturated heterocycles. The van der Waals surface area contributed by atoms with Crippen LogP contribution < -0.4 is 10.6 Å². The first-order chi connectivity index (χ1) is 9.43. The normalized spacial score (nSPS) is 23.6. The van der Waals surface area contributed by atoms with Crippen LogP contribution in [0.2, 0.25) is 0 Å².